The molecule has 0 bridgehead atoms. The first-order chi connectivity index (χ1) is 21.7. The molecule has 44 heavy (non-hydrogen) atoms. The second kappa shape index (κ2) is 10.6. The van der Waals surface area contributed by atoms with Crippen molar-refractivity contribution in [2.24, 2.45) is 0 Å². The number of nitrogens with zero attached hydrogens (tertiary/aromatic N) is 3. The second-order valence-electron chi connectivity index (χ2n) is 11.8. The van der Waals surface area contributed by atoms with Crippen LogP contribution < -0.4 is 0 Å². The van der Waals surface area contributed by atoms with Crippen LogP contribution in [0.1, 0.15) is 24.6 Å². The van der Waals surface area contributed by atoms with Crippen molar-refractivity contribution in [3.8, 4) is 28.3 Å². The number of fused-ring (bicyclic) bond motifs is 3. The van der Waals surface area contributed by atoms with Crippen LogP contribution in [0, 0.1) is 0 Å². The molecule has 0 aliphatic heterocycles. The Morgan fingerprint density at radius 2 is 1.18 bits per heavy atom. The molecule has 5 aromatic carbocycles. The van der Waals surface area contributed by atoms with Crippen LogP contribution in [-0.4, -0.2) is 14.5 Å². The fourth-order valence-electron chi connectivity index (χ4n) is 6.50. The molecule has 2 heterocycles. The second-order valence-corrected chi connectivity index (χ2v) is 11.8. The van der Waals surface area contributed by atoms with E-state index in [-0.39, 0.29) is 5.41 Å². The lowest BCUT2D eigenvalue weighted by molar-refractivity contribution is 0.587. The van der Waals surface area contributed by atoms with Crippen LogP contribution in [0.5, 0.6) is 0 Å². The monoisotopic (exact) mass is 565 g/mol. The topological polar surface area (TPSA) is 30.7 Å². The van der Waals surface area contributed by atoms with E-state index in [4.69, 9.17) is 9.97 Å². The molecule has 3 nitrogen and oxygen atoms in total. The number of hydrogen-bond acceptors (Lipinski definition) is 2. The quantitative estimate of drug-likeness (QED) is 0.208. The maximum atomic E-state index is 5.17. The highest BCUT2D eigenvalue weighted by molar-refractivity contribution is 6.09. The van der Waals surface area contributed by atoms with Gasteiger partial charge in [0, 0.05) is 33.0 Å². The summed E-state index contributed by atoms with van der Waals surface area (Å²) >= 11 is 0. The summed E-state index contributed by atoms with van der Waals surface area (Å²) in [5, 5.41) is 2.55. The Morgan fingerprint density at radius 3 is 1.84 bits per heavy atom. The number of benzene rings is 5. The van der Waals surface area contributed by atoms with E-state index in [1.54, 1.807) is 0 Å². The van der Waals surface area contributed by atoms with Crippen molar-refractivity contribution >= 4 is 27.4 Å². The first-order valence-corrected chi connectivity index (χ1v) is 15.1. The Kier molecular flexibility index (Phi) is 6.31. The third kappa shape index (κ3) is 4.54. The van der Waals surface area contributed by atoms with Crippen LogP contribution in [-0.2, 0) is 5.41 Å². The van der Waals surface area contributed by atoms with Crippen molar-refractivity contribution in [2.45, 2.75) is 18.8 Å². The lowest BCUT2D eigenvalue weighted by Gasteiger charge is -2.30. The summed E-state index contributed by atoms with van der Waals surface area (Å²) in [5.41, 5.74) is 9.92. The van der Waals surface area contributed by atoms with Gasteiger partial charge in [-0.3, -0.25) is 0 Å². The van der Waals surface area contributed by atoms with E-state index >= 15 is 0 Å². The van der Waals surface area contributed by atoms with E-state index in [1.165, 1.54) is 32.9 Å². The van der Waals surface area contributed by atoms with Crippen LogP contribution in [0.25, 0.3) is 55.7 Å². The molecule has 3 heteroatoms. The van der Waals surface area contributed by atoms with E-state index in [9.17, 15) is 0 Å². The van der Waals surface area contributed by atoms with Crippen molar-refractivity contribution < 1.29 is 0 Å². The molecular weight excluding hydrogens is 534 g/mol. The first kappa shape index (κ1) is 26.1. The largest absolute Gasteiger partial charge is 0.309 e. The van der Waals surface area contributed by atoms with Gasteiger partial charge in [-0.1, -0.05) is 134 Å². The van der Waals surface area contributed by atoms with Crippen LogP contribution in [0.3, 0.4) is 0 Å². The van der Waals surface area contributed by atoms with Gasteiger partial charge in [0.15, 0.2) is 5.82 Å². The molecule has 7 aromatic rings. The minimum Gasteiger partial charge on any atom is -0.309 e. The highest BCUT2D eigenvalue weighted by Crippen LogP contribution is 2.40. The summed E-state index contributed by atoms with van der Waals surface area (Å²) in [4.78, 5) is 10.2. The molecule has 0 saturated heterocycles. The van der Waals surface area contributed by atoms with Gasteiger partial charge in [0.2, 0.25) is 0 Å². The van der Waals surface area contributed by atoms with Crippen LogP contribution in [0.4, 0.5) is 0 Å². The zero-order chi connectivity index (χ0) is 29.5. The molecule has 0 saturated carbocycles. The molecule has 1 aliphatic carbocycles. The van der Waals surface area contributed by atoms with Gasteiger partial charge in [0.25, 0.3) is 0 Å². The average Bonchev–Trinajstić information content (AvgIpc) is 3.43. The molecule has 0 radical (unpaired) electrons. The van der Waals surface area contributed by atoms with Gasteiger partial charge < -0.3 is 4.57 Å². The molecule has 0 N–H and O–H groups in total. The third-order valence-electron chi connectivity index (χ3n) is 8.81. The first-order valence-electron chi connectivity index (χ1n) is 15.1. The number of allylic oxidation sites excluding steroid dienone is 4. The van der Waals surface area contributed by atoms with Crippen molar-refractivity contribution in [1.82, 2.24) is 14.5 Å². The maximum absolute atomic E-state index is 5.17. The van der Waals surface area contributed by atoms with E-state index in [2.05, 4.69) is 145 Å². The molecule has 0 fully saturated rings. The Hall–Kier alpha value is -5.54. The van der Waals surface area contributed by atoms with Gasteiger partial charge in [0.05, 0.1) is 22.4 Å². The molecule has 2 aromatic heterocycles. The molecule has 1 atom stereocenters. The van der Waals surface area contributed by atoms with E-state index in [0.29, 0.717) is 0 Å². The van der Waals surface area contributed by atoms with Gasteiger partial charge in [-0.15, -0.1) is 0 Å². The predicted octanol–water partition coefficient (Wildman–Crippen LogP) is 10.2. The molecule has 0 amide bonds. The highest BCUT2D eigenvalue weighted by Gasteiger charge is 2.30. The van der Waals surface area contributed by atoms with Crippen LogP contribution in [0.2, 0.25) is 0 Å². The summed E-state index contributed by atoms with van der Waals surface area (Å²) in [6, 6.07) is 49.1. The number of aromatic nitrogens is 3. The highest BCUT2D eigenvalue weighted by atomic mass is 15.0. The molecule has 8 rings (SSSR count). The standard InChI is InChI=1S/C41H31N3/c1-41(39-27-36(30-13-4-2-5-14-30)42-40(43-39)31-15-6-3-7-16-31)26-12-17-32(28-41)29-22-24-33(25-23-29)44-37-20-10-8-18-34(37)35-19-9-11-21-38(35)44/h2-27H,28H2,1H3. The van der Waals surface area contributed by atoms with Gasteiger partial charge >= 0.3 is 0 Å². The van der Waals surface area contributed by atoms with Crippen molar-refractivity contribution in [2.75, 3.05) is 0 Å². The van der Waals surface area contributed by atoms with Crippen LogP contribution >= 0.6 is 0 Å². The van der Waals surface area contributed by atoms with Crippen molar-refractivity contribution in [1.29, 1.82) is 0 Å². The zero-order valence-electron chi connectivity index (χ0n) is 24.6. The molecule has 1 aliphatic rings. The lowest BCUT2D eigenvalue weighted by atomic mass is 9.75. The molecule has 210 valence electrons. The molecule has 1 unspecified atom stereocenters. The fourth-order valence-corrected chi connectivity index (χ4v) is 6.50. The van der Waals surface area contributed by atoms with Crippen molar-refractivity contribution in [3.63, 3.8) is 0 Å². The lowest BCUT2D eigenvalue weighted by Crippen LogP contribution is -2.23. The fraction of sp³-hybridized carbons (Fsp3) is 0.0732. The van der Waals surface area contributed by atoms with Crippen molar-refractivity contribution in [3.05, 3.63) is 169 Å². The zero-order valence-corrected chi connectivity index (χ0v) is 24.6. The summed E-state index contributed by atoms with van der Waals surface area (Å²) in [7, 11) is 0. The van der Waals surface area contributed by atoms with Gasteiger partial charge in [-0.2, -0.15) is 0 Å². The Morgan fingerprint density at radius 1 is 0.591 bits per heavy atom. The Balaban J connectivity index is 1.16. The number of rotatable bonds is 5. The van der Waals surface area contributed by atoms with E-state index in [1.807, 2.05) is 24.3 Å². The van der Waals surface area contributed by atoms with Gasteiger partial charge in [-0.25, -0.2) is 9.97 Å². The average molecular weight is 566 g/mol. The maximum Gasteiger partial charge on any atom is 0.160 e. The minimum atomic E-state index is -0.286. The SMILES string of the molecule is CC1(c2cc(-c3ccccc3)nc(-c3ccccc3)n2)C=CC=C(c2ccc(-n3c4ccccc4c4ccccc43)cc2)C1. The predicted molar refractivity (Wildman–Crippen MR) is 183 cm³/mol. The number of hydrogen-bond donors (Lipinski definition) is 0. The molecular formula is C41H31N3. The van der Waals surface area contributed by atoms with E-state index in [0.717, 1.165) is 40.4 Å². The van der Waals surface area contributed by atoms with E-state index < -0.39 is 0 Å². The summed E-state index contributed by atoms with van der Waals surface area (Å²) < 4.78 is 2.37. The van der Waals surface area contributed by atoms with Crippen LogP contribution in [0.15, 0.2) is 158 Å². The summed E-state index contributed by atoms with van der Waals surface area (Å²) in [6.07, 6.45) is 7.56. The summed E-state index contributed by atoms with van der Waals surface area (Å²) in [5.74, 6) is 0.753. The van der Waals surface area contributed by atoms with Gasteiger partial charge in [-0.05, 0) is 47.9 Å². The van der Waals surface area contributed by atoms with Gasteiger partial charge in [0.1, 0.15) is 0 Å². The Labute approximate surface area is 257 Å². The smallest absolute Gasteiger partial charge is 0.160 e. The molecule has 0 spiro atoms. The summed E-state index contributed by atoms with van der Waals surface area (Å²) in [6.45, 7) is 2.29. The number of para-hydroxylation sites is 2. The third-order valence-corrected chi connectivity index (χ3v) is 8.81. The Bertz CT molecular complexity index is 2080. The normalized spacial score (nSPS) is 16.3. The minimum absolute atomic E-state index is 0.286.